The predicted octanol–water partition coefficient (Wildman–Crippen LogP) is 3.18. The quantitative estimate of drug-likeness (QED) is 0.588. The van der Waals surface area contributed by atoms with Crippen LogP contribution in [0.1, 0.15) is 22.8 Å². The normalized spacial score (nSPS) is 18.9. The van der Waals surface area contributed by atoms with Gasteiger partial charge in [0.25, 0.3) is 11.8 Å². The van der Waals surface area contributed by atoms with Crippen molar-refractivity contribution in [3.63, 3.8) is 0 Å². The third kappa shape index (κ3) is 3.22. The van der Waals surface area contributed by atoms with Crippen molar-refractivity contribution in [3.8, 4) is 10.6 Å². The largest absolute Gasteiger partial charge is 0.322 e. The van der Waals surface area contributed by atoms with Gasteiger partial charge in [-0.15, -0.1) is 22.7 Å². The summed E-state index contributed by atoms with van der Waals surface area (Å²) >= 11 is 2.92. The fraction of sp³-hybridized carbons (Fsp3) is 0.111. The molecule has 0 unspecified atom stereocenters. The number of carbonyl (C=O) groups excluding carboxylic acids is 3. The summed E-state index contributed by atoms with van der Waals surface area (Å²) in [7, 11) is 0. The van der Waals surface area contributed by atoms with Crippen molar-refractivity contribution in [2.45, 2.75) is 12.5 Å². The fourth-order valence-electron chi connectivity index (χ4n) is 2.76. The lowest BCUT2D eigenvalue weighted by Gasteiger charge is -2.21. The highest BCUT2D eigenvalue weighted by Crippen LogP contribution is 2.29. The summed E-state index contributed by atoms with van der Waals surface area (Å²) in [5, 5.41) is 11.9. The molecule has 136 valence electrons. The van der Waals surface area contributed by atoms with E-state index in [1.54, 1.807) is 42.5 Å². The minimum atomic E-state index is -1.21. The molecule has 3 heterocycles. The molecule has 7 nitrogen and oxygen atoms in total. The number of anilines is 1. The van der Waals surface area contributed by atoms with Gasteiger partial charge < -0.3 is 5.32 Å². The summed E-state index contributed by atoms with van der Waals surface area (Å²) in [4.78, 5) is 41.6. The van der Waals surface area contributed by atoms with Crippen LogP contribution in [0.25, 0.3) is 10.6 Å². The van der Waals surface area contributed by atoms with Gasteiger partial charge in [-0.1, -0.05) is 18.2 Å². The van der Waals surface area contributed by atoms with E-state index >= 15 is 0 Å². The van der Waals surface area contributed by atoms with Gasteiger partial charge in [0.1, 0.15) is 5.54 Å². The van der Waals surface area contributed by atoms with E-state index in [-0.39, 0.29) is 5.91 Å². The molecule has 4 rings (SSSR count). The number of thiazole rings is 1. The van der Waals surface area contributed by atoms with Crippen molar-refractivity contribution in [3.05, 3.63) is 58.3 Å². The molecule has 1 fully saturated rings. The Kier molecular flexibility index (Phi) is 4.25. The van der Waals surface area contributed by atoms with Gasteiger partial charge in [0.05, 0.1) is 10.6 Å². The number of urea groups is 1. The van der Waals surface area contributed by atoms with Crippen LogP contribution in [0.5, 0.6) is 0 Å². The molecule has 1 saturated heterocycles. The standard InChI is InChI=1S/C18H14N4O3S2/c1-18(15(24)21-16(25)22-18)11-5-2-4-10(8-11)14(23)20-17-19-12(9-27-17)13-6-3-7-26-13/h2-9H,1H3,(H,19,20,23)(H2,21,22,24,25)/t18-/m1/s1. The Morgan fingerprint density at radius 1 is 1.19 bits per heavy atom. The number of hydrogen-bond donors (Lipinski definition) is 3. The average Bonchev–Trinajstić information content (AvgIpc) is 3.37. The number of nitrogens with zero attached hydrogens (tertiary/aromatic N) is 1. The lowest BCUT2D eigenvalue weighted by molar-refractivity contribution is -0.123. The highest BCUT2D eigenvalue weighted by atomic mass is 32.1. The first-order valence-corrected chi connectivity index (χ1v) is 9.76. The Hall–Kier alpha value is -3.04. The Morgan fingerprint density at radius 2 is 2.04 bits per heavy atom. The smallest absolute Gasteiger partial charge is 0.320 e. The van der Waals surface area contributed by atoms with E-state index in [1.165, 1.54) is 11.3 Å². The van der Waals surface area contributed by atoms with Gasteiger partial charge >= 0.3 is 6.03 Å². The molecule has 1 aromatic carbocycles. The van der Waals surface area contributed by atoms with Gasteiger partial charge in [0.15, 0.2) is 5.13 Å². The molecule has 1 aliphatic rings. The van der Waals surface area contributed by atoms with E-state index in [0.717, 1.165) is 10.6 Å². The second-order valence-electron chi connectivity index (χ2n) is 6.08. The second-order valence-corrected chi connectivity index (χ2v) is 7.89. The number of amides is 4. The zero-order chi connectivity index (χ0) is 19.0. The second kappa shape index (κ2) is 6.60. The molecule has 9 heteroatoms. The molecular formula is C18H14N4O3S2. The molecule has 0 saturated carbocycles. The van der Waals surface area contributed by atoms with Crippen LogP contribution in [0.15, 0.2) is 47.2 Å². The predicted molar refractivity (Wildman–Crippen MR) is 104 cm³/mol. The lowest BCUT2D eigenvalue weighted by atomic mass is 9.91. The molecule has 3 N–H and O–H groups in total. The van der Waals surface area contributed by atoms with E-state index in [1.807, 2.05) is 22.9 Å². The molecule has 0 aliphatic carbocycles. The maximum absolute atomic E-state index is 12.6. The van der Waals surface area contributed by atoms with Crippen molar-refractivity contribution in [1.82, 2.24) is 15.6 Å². The summed E-state index contributed by atoms with van der Waals surface area (Å²) in [5.41, 5.74) is 0.505. The van der Waals surface area contributed by atoms with Crippen molar-refractivity contribution in [1.29, 1.82) is 0 Å². The highest BCUT2D eigenvalue weighted by Gasteiger charge is 2.43. The summed E-state index contributed by atoms with van der Waals surface area (Å²) < 4.78 is 0. The van der Waals surface area contributed by atoms with Crippen LogP contribution in [0.2, 0.25) is 0 Å². The maximum atomic E-state index is 12.6. The van der Waals surface area contributed by atoms with Gasteiger partial charge in [-0.25, -0.2) is 9.78 Å². The molecule has 0 spiro atoms. The number of thiophene rings is 1. The molecular weight excluding hydrogens is 384 g/mol. The van der Waals surface area contributed by atoms with Gasteiger partial charge in [-0.2, -0.15) is 0 Å². The molecule has 27 heavy (non-hydrogen) atoms. The van der Waals surface area contributed by atoms with Crippen LogP contribution in [0, 0.1) is 0 Å². The maximum Gasteiger partial charge on any atom is 0.322 e. The molecule has 4 amide bonds. The van der Waals surface area contributed by atoms with Crippen LogP contribution in [-0.4, -0.2) is 22.8 Å². The molecule has 1 atom stereocenters. The van der Waals surface area contributed by atoms with Crippen LogP contribution < -0.4 is 16.0 Å². The van der Waals surface area contributed by atoms with E-state index in [0.29, 0.717) is 16.3 Å². The van der Waals surface area contributed by atoms with E-state index in [4.69, 9.17) is 0 Å². The van der Waals surface area contributed by atoms with Gasteiger partial charge in [-0.3, -0.25) is 20.2 Å². The molecule has 2 aromatic heterocycles. The third-order valence-electron chi connectivity index (χ3n) is 4.25. The average molecular weight is 398 g/mol. The number of rotatable bonds is 4. The number of aromatic nitrogens is 1. The molecule has 1 aliphatic heterocycles. The fourth-order valence-corrected chi connectivity index (χ4v) is 4.22. The highest BCUT2D eigenvalue weighted by molar-refractivity contribution is 7.16. The minimum Gasteiger partial charge on any atom is -0.320 e. The number of nitrogens with one attached hydrogen (secondary N) is 3. The van der Waals surface area contributed by atoms with Gasteiger partial charge in [0, 0.05) is 10.9 Å². The van der Waals surface area contributed by atoms with Crippen molar-refractivity contribution in [2.24, 2.45) is 0 Å². The molecule has 0 bridgehead atoms. The topological polar surface area (TPSA) is 100 Å². The van der Waals surface area contributed by atoms with E-state index < -0.39 is 17.5 Å². The monoisotopic (exact) mass is 398 g/mol. The first-order valence-electron chi connectivity index (χ1n) is 8.00. The number of benzene rings is 1. The number of hydrogen-bond acceptors (Lipinski definition) is 6. The summed E-state index contributed by atoms with van der Waals surface area (Å²) in [6.07, 6.45) is 0. The SMILES string of the molecule is C[C@]1(c2cccc(C(=O)Nc3nc(-c4cccs4)cs3)c2)NC(=O)NC1=O. The zero-order valence-electron chi connectivity index (χ0n) is 14.1. The van der Waals surface area contributed by atoms with Crippen LogP contribution in [-0.2, 0) is 10.3 Å². The third-order valence-corrected chi connectivity index (χ3v) is 5.90. The first-order chi connectivity index (χ1) is 13.0. The Labute approximate surface area is 162 Å². The Morgan fingerprint density at radius 3 is 2.74 bits per heavy atom. The minimum absolute atomic E-state index is 0.336. The van der Waals surface area contributed by atoms with Crippen molar-refractivity contribution < 1.29 is 14.4 Å². The first kappa shape index (κ1) is 17.4. The van der Waals surface area contributed by atoms with Gasteiger partial charge in [0.2, 0.25) is 0 Å². The Balaban J connectivity index is 1.55. The van der Waals surface area contributed by atoms with E-state index in [2.05, 4.69) is 20.9 Å². The number of imide groups is 1. The summed E-state index contributed by atoms with van der Waals surface area (Å²) in [6, 6.07) is 9.96. The van der Waals surface area contributed by atoms with Crippen LogP contribution in [0.4, 0.5) is 9.93 Å². The van der Waals surface area contributed by atoms with Crippen molar-refractivity contribution in [2.75, 3.05) is 5.32 Å². The zero-order valence-corrected chi connectivity index (χ0v) is 15.7. The lowest BCUT2D eigenvalue weighted by Crippen LogP contribution is -2.40. The summed E-state index contributed by atoms with van der Waals surface area (Å²) in [6.45, 7) is 1.60. The van der Waals surface area contributed by atoms with Gasteiger partial charge in [-0.05, 0) is 36.1 Å². The van der Waals surface area contributed by atoms with E-state index in [9.17, 15) is 14.4 Å². The Bertz CT molecular complexity index is 1040. The molecule has 3 aromatic rings. The summed E-state index contributed by atoms with van der Waals surface area (Å²) in [5.74, 6) is -0.789. The molecule has 0 radical (unpaired) electrons. The van der Waals surface area contributed by atoms with Crippen LogP contribution in [0.3, 0.4) is 0 Å². The van der Waals surface area contributed by atoms with Crippen LogP contribution >= 0.6 is 22.7 Å². The van der Waals surface area contributed by atoms with Crippen molar-refractivity contribution >= 4 is 45.7 Å². The number of carbonyl (C=O) groups is 3.